The molecule has 4 rings (SSSR count). The molecule has 0 aliphatic carbocycles. The Balaban J connectivity index is 1.47. The first-order valence-corrected chi connectivity index (χ1v) is 10.8. The van der Waals surface area contributed by atoms with E-state index in [1.165, 1.54) is 0 Å². The third-order valence-electron chi connectivity index (χ3n) is 5.74. The van der Waals surface area contributed by atoms with E-state index >= 15 is 0 Å². The lowest BCUT2D eigenvalue weighted by molar-refractivity contribution is -0.134. The quantitative estimate of drug-likeness (QED) is 0.578. The molecule has 8 heteroatoms. The van der Waals surface area contributed by atoms with Crippen molar-refractivity contribution in [2.45, 2.75) is 39.0 Å². The molecule has 31 heavy (non-hydrogen) atoms. The summed E-state index contributed by atoms with van der Waals surface area (Å²) in [7, 11) is 1.63. The summed E-state index contributed by atoms with van der Waals surface area (Å²) < 4.78 is 24.3. The zero-order valence-electron chi connectivity index (χ0n) is 18.3. The largest absolute Gasteiger partial charge is 0.493 e. The molecule has 1 aromatic heterocycles. The van der Waals surface area contributed by atoms with Gasteiger partial charge in [0.25, 0.3) is 0 Å². The van der Waals surface area contributed by atoms with Crippen molar-refractivity contribution >= 4 is 5.91 Å². The molecule has 2 aliphatic heterocycles. The Morgan fingerprint density at radius 1 is 1.35 bits per heavy atom. The van der Waals surface area contributed by atoms with Crippen molar-refractivity contribution in [3.05, 3.63) is 42.2 Å². The molecular formula is C23H31N3O5. The summed E-state index contributed by atoms with van der Waals surface area (Å²) in [5.41, 5.74) is 1.02. The summed E-state index contributed by atoms with van der Waals surface area (Å²) in [5, 5.41) is 4.17. The van der Waals surface area contributed by atoms with Gasteiger partial charge >= 0.3 is 0 Å². The van der Waals surface area contributed by atoms with Gasteiger partial charge in [0.2, 0.25) is 5.91 Å². The fourth-order valence-corrected chi connectivity index (χ4v) is 3.86. The Bertz CT molecular complexity index is 860. The number of carbonyl (C=O) groups is 1. The van der Waals surface area contributed by atoms with E-state index in [1.54, 1.807) is 24.2 Å². The van der Waals surface area contributed by atoms with Crippen LogP contribution in [0.4, 0.5) is 0 Å². The second kappa shape index (κ2) is 9.70. The second-order valence-electron chi connectivity index (χ2n) is 8.69. The molecule has 2 aliphatic rings. The molecule has 1 amide bonds. The van der Waals surface area contributed by atoms with Gasteiger partial charge < -0.3 is 23.8 Å². The van der Waals surface area contributed by atoms with Gasteiger partial charge in [-0.2, -0.15) is 5.10 Å². The van der Waals surface area contributed by atoms with Crippen LogP contribution in [0.2, 0.25) is 0 Å². The number of carbonyl (C=O) groups excluding carboxylic acids is 1. The molecule has 0 bridgehead atoms. The van der Waals surface area contributed by atoms with Gasteiger partial charge in [0, 0.05) is 37.5 Å². The normalized spacial score (nSPS) is 19.6. The molecule has 2 fully saturated rings. The van der Waals surface area contributed by atoms with Gasteiger partial charge in [0.05, 0.1) is 33.0 Å². The van der Waals surface area contributed by atoms with Gasteiger partial charge in [-0.3, -0.25) is 9.48 Å². The number of rotatable bonds is 10. The van der Waals surface area contributed by atoms with Gasteiger partial charge in [-0.15, -0.1) is 0 Å². The topological polar surface area (TPSA) is 75.1 Å². The Hall–Kier alpha value is -2.58. The highest BCUT2D eigenvalue weighted by atomic mass is 16.5. The number of methoxy groups -OCH3 is 1. The van der Waals surface area contributed by atoms with Crippen LogP contribution in [-0.4, -0.2) is 66.8 Å². The predicted molar refractivity (Wildman–Crippen MR) is 114 cm³/mol. The molecule has 0 radical (unpaired) electrons. The standard InChI is InChI=1S/C23H31N3O5/c1-23(15-29-16-23)17-31-21-11-18(6-7-20(21)28-2)12-25(13-19-5-3-10-30-19)22(27)14-26-9-4-8-24-26/h4,6-9,11,19H,3,5,10,12-17H2,1-2H3/t19-/m1/s1. The molecule has 3 heterocycles. The summed E-state index contributed by atoms with van der Waals surface area (Å²) in [6.45, 7) is 6.11. The summed E-state index contributed by atoms with van der Waals surface area (Å²) in [6, 6.07) is 7.65. The summed E-state index contributed by atoms with van der Waals surface area (Å²) in [4.78, 5) is 14.9. The number of amides is 1. The van der Waals surface area contributed by atoms with Crippen molar-refractivity contribution < 1.29 is 23.7 Å². The molecule has 8 nitrogen and oxygen atoms in total. The van der Waals surface area contributed by atoms with Crippen molar-refractivity contribution in [2.75, 3.05) is 40.1 Å². The zero-order chi connectivity index (χ0) is 21.7. The molecule has 0 N–H and O–H groups in total. The lowest BCUT2D eigenvalue weighted by Gasteiger charge is -2.37. The maximum absolute atomic E-state index is 13.1. The van der Waals surface area contributed by atoms with Crippen LogP contribution in [0.15, 0.2) is 36.7 Å². The minimum Gasteiger partial charge on any atom is -0.493 e. The van der Waals surface area contributed by atoms with Crippen molar-refractivity contribution in [1.82, 2.24) is 14.7 Å². The first-order valence-electron chi connectivity index (χ1n) is 10.8. The van der Waals surface area contributed by atoms with Crippen molar-refractivity contribution in [3.8, 4) is 11.5 Å². The molecule has 1 aromatic carbocycles. The van der Waals surface area contributed by atoms with Crippen LogP contribution < -0.4 is 9.47 Å². The Morgan fingerprint density at radius 2 is 2.23 bits per heavy atom. The monoisotopic (exact) mass is 429 g/mol. The van der Waals surface area contributed by atoms with E-state index in [2.05, 4.69) is 12.0 Å². The van der Waals surface area contributed by atoms with Gasteiger partial charge in [0.1, 0.15) is 6.54 Å². The number of ether oxygens (including phenoxy) is 4. The van der Waals surface area contributed by atoms with Crippen molar-refractivity contribution in [3.63, 3.8) is 0 Å². The van der Waals surface area contributed by atoms with Crippen LogP contribution in [-0.2, 0) is 27.4 Å². The van der Waals surface area contributed by atoms with E-state index in [9.17, 15) is 4.79 Å². The Kier molecular flexibility index (Phi) is 6.77. The Labute approximate surface area is 183 Å². The highest BCUT2D eigenvalue weighted by Crippen LogP contribution is 2.33. The summed E-state index contributed by atoms with van der Waals surface area (Å²) >= 11 is 0. The van der Waals surface area contributed by atoms with Crippen LogP contribution in [0, 0.1) is 5.41 Å². The Morgan fingerprint density at radius 3 is 2.87 bits per heavy atom. The van der Waals surface area contributed by atoms with Gasteiger partial charge in [-0.05, 0) is 36.6 Å². The first kappa shape index (κ1) is 21.6. The van der Waals surface area contributed by atoms with Crippen molar-refractivity contribution in [2.24, 2.45) is 5.41 Å². The molecule has 2 aromatic rings. The van der Waals surface area contributed by atoms with E-state index in [0.717, 1.165) is 25.0 Å². The zero-order valence-corrected chi connectivity index (χ0v) is 18.3. The number of aromatic nitrogens is 2. The van der Waals surface area contributed by atoms with E-state index in [0.29, 0.717) is 44.4 Å². The molecule has 1 atom stereocenters. The third kappa shape index (κ3) is 5.57. The lowest BCUT2D eigenvalue weighted by Crippen LogP contribution is -2.44. The molecule has 0 unspecified atom stereocenters. The summed E-state index contributed by atoms with van der Waals surface area (Å²) in [5.74, 6) is 1.38. The summed E-state index contributed by atoms with van der Waals surface area (Å²) in [6.07, 6.45) is 5.57. The predicted octanol–water partition coefficient (Wildman–Crippen LogP) is 2.51. The molecule has 2 saturated heterocycles. The highest BCUT2D eigenvalue weighted by molar-refractivity contribution is 5.76. The van der Waals surface area contributed by atoms with Crippen LogP contribution in [0.3, 0.4) is 0 Å². The number of nitrogens with zero attached hydrogens (tertiary/aromatic N) is 3. The van der Waals surface area contributed by atoms with E-state index < -0.39 is 0 Å². The third-order valence-corrected chi connectivity index (χ3v) is 5.74. The van der Waals surface area contributed by atoms with E-state index in [4.69, 9.17) is 18.9 Å². The fraction of sp³-hybridized carbons (Fsp3) is 0.565. The lowest BCUT2D eigenvalue weighted by atomic mass is 9.90. The van der Waals surface area contributed by atoms with E-state index in [-0.39, 0.29) is 24.0 Å². The number of hydrogen-bond donors (Lipinski definition) is 0. The number of benzene rings is 1. The highest BCUT2D eigenvalue weighted by Gasteiger charge is 2.34. The smallest absolute Gasteiger partial charge is 0.244 e. The minimum atomic E-state index is 0.0108. The molecular weight excluding hydrogens is 398 g/mol. The molecule has 0 spiro atoms. The van der Waals surface area contributed by atoms with Crippen LogP contribution >= 0.6 is 0 Å². The van der Waals surface area contributed by atoms with Gasteiger partial charge in [-0.25, -0.2) is 0 Å². The van der Waals surface area contributed by atoms with Gasteiger partial charge in [0.15, 0.2) is 11.5 Å². The SMILES string of the molecule is COc1ccc(CN(C[C@H]2CCCO2)C(=O)Cn2cccn2)cc1OCC1(C)COC1. The maximum Gasteiger partial charge on any atom is 0.244 e. The molecule has 0 saturated carbocycles. The molecule has 168 valence electrons. The fourth-order valence-electron chi connectivity index (χ4n) is 3.86. The average molecular weight is 430 g/mol. The van der Waals surface area contributed by atoms with Crippen LogP contribution in [0.5, 0.6) is 11.5 Å². The van der Waals surface area contributed by atoms with E-state index in [1.807, 2.05) is 29.2 Å². The van der Waals surface area contributed by atoms with Crippen LogP contribution in [0.1, 0.15) is 25.3 Å². The maximum atomic E-state index is 13.1. The first-order chi connectivity index (χ1) is 15.0. The van der Waals surface area contributed by atoms with Gasteiger partial charge in [-0.1, -0.05) is 13.0 Å². The average Bonchev–Trinajstić information content (AvgIpc) is 3.45. The number of hydrogen-bond acceptors (Lipinski definition) is 6. The second-order valence-corrected chi connectivity index (χ2v) is 8.69. The van der Waals surface area contributed by atoms with Crippen LogP contribution in [0.25, 0.3) is 0 Å². The van der Waals surface area contributed by atoms with Crippen molar-refractivity contribution in [1.29, 1.82) is 0 Å². The minimum absolute atomic E-state index is 0.0108.